The highest BCUT2D eigenvalue weighted by Gasteiger charge is 2.41. The number of hydrogen-bond donors (Lipinski definition) is 1. The molecule has 1 aliphatic rings. The molecule has 1 saturated heterocycles. The van der Waals surface area contributed by atoms with E-state index in [1.165, 1.54) is 0 Å². The third-order valence-corrected chi connectivity index (χ3v) is 6.80. The van der Waals surface area contributed by atoms with Crippen molar-refractivity contribution in [2.45, 2.75) is 24.9 Å². The fourth-order valence-electron chi connectivity index (χ4n) is 2.84. The fraction of sp³-hybridized carbons (Fsp3) is 0.571. The van der Waals surface area contributed by atoms with E-state index in [9.17, 15) is 8.42 Å². The van der Waals surface area contributed by atoms with E-state index in [-0.39, 0.29) is 11.5 Å². The molecule has 0 aliphatic carbocycles. The van der Waals surface area contributed by atoms with Crippen LogP contribution in [0.15, 0.2) is 28.7 Å². The Kier molecular flexibility index (Phi) is 4.89. The van der Waals surface area contributed by atoms with E-state index in [4.69, 9.17) is 5.73 Å². The lowest BCUT2D eigenvalue weighted by molar-refractivity contribution is 0.124. The normalized spacial score (nSPS) is 25.8. The second-order valence-electron chi connectivity index (χ2n) is 5.57. The first-order valence-corrected chi connectivity index (χ1v) is 9.35. The van der Waals surface area contributed by atoms with Gasteiger partial charge in [0.15, 0.2) is 9.84 Å². The molecule has 1 heterocycles. The lowest BCUT2D eigenvalue weighted by atomic mass is 9.93. The van der Waals surface area contributed by atoms with Crippen molar-refractivity contribution in [1.29, 1.82) is 0 Å². The molecule has 112 valence electrons. The fourth-order valence-corrected chi connectivity index (χ4v) is 5.28. The minimum atomic E-state index is -2.98. The maximum Gasteiger partial charge on any atom is 0.152 e. The first-order valence-electron chi connectivity index (χ1n) is 6.74. The summed E-state index contributed by atoms with van der Waals surface area (Å²) in [6.07, 6.45) is 1.53. The summed E-state index contributed by atoms with van der Waals surface area (Å²) in [6.45, 7) is 1.06. The highest BCUT2D eigenvalue weighted by Crippen LogP contribution is 2.29. The van der Waals surface area contributed by atoms with Gasteiger partial charge in [-0.25, -0.2) is 8.42 Å². The Balaban J connectivity index is 2.21. The van der Waals surface area contributed by atoms with Gasteiger partial charge < -0.3 is 5.73 Å². The zero-order valence-corrected chi connectivity index (χ0v) is 14.1. The van der Waals surface area contributed by atoms with E-state index >= 15 is 0 Å². The minimum Gasteiger partial charge on any atom is -0.329 e. The Bertz CT molecular complexity index is 576. The van der Waals surface area contributed by atoms with Gasteiger partial charge in [0, 0.05) is 23.1 Å². The van der Waals surface area contributed by atoms with Gasteiger partial charge in [-0.05, 0) is 31.5 Å². The van der Waals surface area contributed by atoms with Crippen LogP contribution in [0.3, 0.4) is 0 Å². The Morgan fingerprint density at radius 2 is 2.10 bits per heavy atom. The number of hydrogen-bond acceptors (Lipinski definition) is 4. The van der Waals surface area contributed by atoms with Crippen molar-refractivity contribution in [3.8, 4) is 0 Å². The van der Waals surface area contributed by atoms with Gasteiger partial charge in [-0.3, -0.25) is 4.90 Å². The van der Waals surface area contributed by atoms with Crippen LogP contribution in [0, 0.1) is 0 Å². The summed E-state index contributed by atoms with van der Waals surface area (Å²) in [6, 6.07) is 8.00. The number of halogens is 1. The zero-order chi connectivity index (χ0) is 14.8. The SMILES string of the molecule is CN(Cc1ccccc1Br)C1(CN)CCCS(=O)(=O)C1. The zero-order valence-electron chi connectivity index (χ0n) is 11.7. The maximum absolute atomic E-state index is 12.0. The van der Waals surface area contributed by atoms with Crippen molar-refractivity contribution >= 4 is 25.8 Å². The van der Waals surface area contributed by atoms with Gasteiger partial charge in [0.1, 0.15) is 0 Å². The molecule has 1 aromatic carbocycles. The van der Waals surface area contributed by atoms with Crippen molar-refractivity contribution in [3.05, 3.63) is 34.3 Å². The van der Waals surface area contributed by atoms with Crippen molar-refractivity contribution < 1.29 is 8.42 Å². The van der Waals surface area contributed by atoms with Gasteiger partial charge in [0.05, 0.1) is 11.5 Å². The molecule has 1 aliphatic heterocycles. The van der Waals surface area contributed by atoms with Gasteiger partial charge in [-0.15, -0.1) is 0 Å². The Morgan fingerprint density at radius 3 is 2.70 bits per heavy atom. The predicted molar refractivity (Wildman–Crippen MR) is 85.3 cm³/mol. The van der Waals surface area contributed by atoms with Gasteiger partial charge in [0.2, 0.25) is 0 Å². The van der Waals surface area contributed by atoms with Crippen LogP contribution in [0.2, 0.25) is 0 Å². The Morgan fingerprint density at radius 1 is 1.40 bits per heavy atom. The van der Waals surface area contributed by atoms with Crippen LogP contribution in [-0.4, -0.2) is 44.0 Å². The number of rotatable bonds is 4. The van der Waals surface area contributed by atoms with Gasteiger partial charge in [-0.1, -0.05) is 34.1 Å². The molecule has 1 atom stereocenters. The summed E-state index contributed by atoms with van der Waals surface area (Å²) >= 11 is 3.53. The molecule has 0 bridgehead atoms. The standard InChI is InChI=1S/C14H21BrN2O2S/c1-17(9-12-5-2-3-6-13(12)15)14(10-16)7-4-8-20(18,19)11-14/h2-3,5-6H,4,7-11,16H2,1H3. The number of nitrogens with zero attached hydrogens (tertiary/aromatic N) is 1. The summed E-state index contributed by atoms with van der Waals surface area (Å²) in [5.74, 6) is 0.453. The first-order chi connectivity index (χ1) is 9.38. The largest absolute Gasteiger partial charge is 0.329 e. The van der Waals surface area contributed by atoms with Crippen LogP contribution in [0.25, 0.3) is 0 Å². The van der Waals surface area contributed by atoms with Gasteiger partial charge in [0.25, 0.3) is 0 Å². The molecule has 1 unspecified atom stereocenters. The highest BCUT2D eigenvalue weighted by atomic mass is 79.9. The topological polar surface area (TPSA) is 63.4 Å². The third-order valence-electron chi connectivity index (χ3n) is 4.14. The average molecular weight is 361 g/mol. The molecule has 1 aromatic rings. The van der Waals surface area contributed by atoms with Crippen LogP contribution in [0.4, 0.5) is 0 Å². The number of benzene rings is 1. The highest BCUT2D eigenvalue weighted by molar-refractivity contribution is 9.10. The molecule has 2 rings (SSSR count). The van der Waals surface area contributed by atoms with E-state index in [2.05, 4.69) is 20.8 Å². The molecule has 0 aromatic heterocycles. The Hall–Kier alpha value is -0.430. The molecular formula is C14H21BrN2O2S. The molecule has 4 nitrogen and oxygen atoms in total. The smallest absolute Gasteiger partial charge is 0.152 e. The molecule has 0 radical (unpaired) electrons. The van der Waals surface area contributed by atoms with Crippen LogP contribution in [-0.2, 0) is 16.4 Å². The second-order valence-corrected chi connectivity index (χ2v) is 8.61. The van der Waals surface area contributed by atoms with Gasteiger partial charge >= 0.3 is 0 Å². The monoisotopic (exact) mass is 360 g/mol. The maximum atomic E-state index is 12.0. The third kappa shape index (κ3) is 3.42. The number of nitrogens with two attached hydrogens (primary N) is 1. The van der Waals surface area contributed by atoms with Crippen molar-refractivity contribution in [1.82, 2.24) is 4.90 Å². The molecule has 0 saturated carbocycles. The second kappa shape index (κ2) is 6.13. The predicted octanol–water partition coefficient (Wildman–Crippen LogP) is 1.79. The molecule has 0 spiro atoms. The van der Waals surface area contributed by atoms with Crippen molar-refractivity contribution in [2.75, 3.05) is 25.1 Å². The summed E-state index contributed by atoms with van der Waals surface area (Å²) in [7, 11) is -1.02. The summed E-state index contributed by atoms with van der Waals surface area (Å²) in [5.41, 5.74) is 6.64. The lowest BCUT2D eigenvalue weighted by Crippen LogP contribution is -2.58. The van der Waals surface area contributed by atoms with Crippen LogP contribution in [0.1, 0.15) is 18.4 Å². The van der Waals surface area contributed by atoms with Crippen molar-refractivity contribution in [3.63, 3.8) is 0 Å². The van der Waals surface area contributed by atoms with Crippen LogP contribution < -0.4 is 5.73 Å². The summed E-state index contributed by atoms with van der Waals surface area (Å²) in [5, 5.41) is 0. The first kappa shape index (κ1) is 15.9. The minimum absolute atomic E-state index is 0.164. The average Bonchev–Trinajstić information content (AvgIpc) is 2.40. The van der Waals surface area contributed by atoms with E-state index in [0.717, 1.165) is 16.5 Å². The number of sulfone groups is 1. The summed E-state index contributed by atoms with van der Waals surface area (Å²) in [4.78, 5) is 2.10. The van der Waals surface area contributed by atoms with Crippen molar-refractivity contribution in [2.24, 2.45) is 5.73 Å². The quantitative estimate of drug-likeness (QED) is 0.888. The molecule has 0 amide bonds. The molecule has 2 N–H and O–H groups in total. The summed E-state index contributed by atoms with van der Waals surface area (Å²) < 4.78 is 25.0. The number of likely N-dealkylation sites (N-methyl/N-ethyl adjacent to an activating group) is 1. The van der Waals surface area contributed by atoms with E-state index < -0.39 is 15.4 Å². The molecular weight excluding hydrogens is 340 g/mol. The van der Waals surface area contributed by atoms with Gasteiger partial charge in [-0.2, -0.15) is 0 Å². The Labute approximate surface area is 129 Å². The molecule has 6 heteroatoms. The van der Waals surface area contributed by atoms with E-state index in [1.807, 2.05) is 31.3 Å². The lowest BCUT2D eigenvalue weighted by Gasteiger charge is -2.43. The molecule has 1 fully saturated rings. The van der Waals surface area contributed by atoms with Crippen LogP contribution >= 0.6 is 15.9 Å². The van der Waals surface area contributed by atoms with E-state index in [0.29, 0.717) is 19.5 Å². The van der Waals surface area contributed by atoms with E-state index in [1.54, 1.807) is 0 Å². The van der Waals surface area contributed by atoms with Crippen LogP contribution in [0.5, 0.6) is 0 Å². The molecule has 20 heavy (non-hydrogen) atoms.